The van der Waals surface area contributed by atoms with Gasteiger partial charge in [-0.3, -0.25) is 4.79 Å². The summed E-state index contributed by atoms with van der Waals surface area (Å²) in [4.78, 5) is 13.5. The second kappa shape index (κ2) is 7.84. The average molecular weight is 387 g/mol. The topological polar surface area (TPSA) is 149 Å². The van der Waals surface area contributed by atoms with Crippen LogP contribution < -0.4 is 0 Å². The molecule has 0 saturated carbocycles. The number of piperidine rings is 1. The number of hydrogen-bond acceptors (Lipinski definition) is 9. The summed E-state index contributed by atoms with van der Waals surface area (Å²) in [6, 6.07) is 0. The van der Waals surface area contributed by atoms with Gasteiger partial charge in [0.25, 0.3) is 5.91 Å². The van der Waals surface area contributed by atoms with E-state index in [9.17, 15) is 30.3 Å². The van der Waals surface area contributed by atoms with Gasteiger partial charge < -0.3 is 44.6 Å². The zero-order valence-electron chi connectivity index (χ0n) is 14.8. The molecule has 10 nitrogen and oxygen atoms in total. The number of amides is 1. The number of fused-ring (bicyclic) bond motifs is 1. The summed E-state index contributed by atoms with van der Waals surface area (Å²) in [6.07, 6.45) is -6.09. The summed E-state index contributed by atoms with van der Waals surface area (Å²) < 4.78 is 16.5. The highest BCUT2D eigenvalue weighted by atomic mass is 16.8. The Labute approximate surface area is 155 Å². The van der Waals surface area contributed by atoms with E-state index >= 15 is 0 Å². The predicted molar refractivity (Wildman–Crippen MR) is 88.4 cm³/mol. The van der Waals surface area contributed by atoms with E-state index in [-0.39, 0.29) is 12.3 Å². The summed E-state index contributed by atoms with van der Waals surface area (Å²) in [5.74, 6) is -1.31. The second-order valence-electron chi connectivity index (χ2n) is 6.96. The molecule has 27 heavy (non-hydrogen) atoms. The van der Waals surface area contributed by atoms with Crippen LogP contribution in [0, 0.1) is 11.8 Å². The van der Waals surface area contributed by atoms with Gasteiger partial charge in [-0.25, -0.2) is 0 Å². The Kier molecular flexibility index (Phi) is 5.87. The minimum absolute atomic E-state index is 0.253. The third kappa shape index (κ3) is 3.49. The van der Waals surface area contributed by atoms with Crippen LogP contribution in [0.3, 0.4) is 0 Å². The normalized spacial score (nSPS) is 45.0. The number of aliphatic hydroxyl groups excluding tert-OH is 5. The van der Waals surface area contributed by atoms with Gasteiger partial charge in [-0.15, -0.1) is 6.58 Å². The number of nitrogens with zero attached hydrogens (tertiary/aromatic N) is 1. The van der Waals surface area contributed by atoms with Crippen LogP contribution in [-0.4, -0.2) is 93.2 Å². The third-order valence-electron chi connectivity index (χ3n) is 5.38. The monoisotopic (exact) mass is 387 g/mol. The van der Waals surface area contributed by atoms with Crippen molar-refractivity contribution in [2.24, 2.45) is 11.8 Å². The standard InChI is InChI=1S/C17H25NO9/c1-3-7-8-4-11(20)18(2)15(24)9(8)6-25-16(7)27-17-14(23)13(22)12(21)10(5-19)26-17/h3,6-8,10-14,16-17,19-23H,1,4-5H2,2H3/t7-,8+,10-,11-,12-,13+,14-,16+,17+/m1/s1. The highest BCUT2D eigenvalue weighted by molar-refractivity contribution is 5.94. The smallest absolute Gasteiger partial charge is 0.254 e. The zero-order chi connectivity index (χ0) is 19.9. The SMILES string of the molecule is C=C[C@H]1[C@H](O[C@@H]2O[C@H](CO)[C@@H](O)[C@H](O)[C@H]2O)OC=C2C(=O)N(C)[C@H](O)C[C@H]21. The van der Waals surface area contributed by atoms with E-state index in [0.29, 0.717) is 5.57 Å². The fraction of sp³-hybridized carbons (Fsp3) is 0.706. The molecule has 0 aliphatic carbocycles. The Balaban J connectivity index is 1.78. The van der Waals surface area contributed by atoms with E-state index in [2.05, 4.69) is 6.58 Å². The van der Waals surface area contributed by atoms with Gasteiger partial charge in [0.1, 0.15) is 30.6 Å². The number of carbonyl (C=O) groups is 1. The molecule has 0 bridgehead atoms. The van der Waals surface area contributed by atoms with Gasteiger partial charge in [-0.1, -0.05) is 6.08 Å². The fourth-order valence-corrected chi connectivity index (χ4v) is 3.64. The molecule has 3 aliphatic rings. The molecule has 9 atom stereocenters. The Morgan fingerprint density at radius 3 is 2.59 bits per heavy atom. The minimum atomic E-state index is -1.58. The maximum atomic E-state index is 12.3. The molecular weight excluding hydrogens is 362 g/mol. The minimum Gasteiger partial charge on any atom is -0.471 e. The van der Waals surface area contributed by atoms with Gasteiger partial charge in [0.05, 0.1) is 18.4 Å². The first-order valence-corrected chi connectivity index (χ1v) is 8.69. The molecule has 0 aromatic rings. The van der Waals surface area contributed by atoms with Gasteiger partial charge in [-0.2, -0.15) is 0 Å². The molecule has 3 rings (SSSR count). The van der Waals surface area contributed by atoms with Crippen molar-refractivity contribution in [3.63, 3.8) is 0 Å². The van der Waals surface area contributed by atoms with Crippen molar-refractivity contribution in [2.75, 3.05) is 13.7 Å². The lowest BCUT2D eigenvalue weighted by molar-refractivity contribution is -0.339. The molecule has 0 radical (unpaired) electrons. The number of carbonyl (C=O) groups excluding carboxylic acids is 1. The lowest BCUT2D eigenvalue weighted by atomic mass is 9.78. The molecule has 3 aliphatic heterocycles. The lowest BCUT2D eigenvalue weighted by Crippen LogP contribution is -2.60. The fourth-order valence-electron chi connectivity index (χ4n) is 3.64. The zero-order valence-corrected chi connectivity index (χ0v) is 14.8. The second-order valence-corrected chi connectivity index (χ2v) is 6.96. The summed E-state index contributed by atoms with van der Waals surface area (Å²) in [7, 11) is 1.49. The molecule has 152 valence electrons. The van der Waals surface area contributed by atoms with E-state index in [4.69, 9.17) is 14.2 Å². The van der Waals surface area contributed by atoms with Crippen molar-refractivity contribution in [3.8, 4) is 0 Å². The molecular formula is C17H25NO9. The van der Waals surface area contributed by atoms with Gasteiger partial charge in [-0.05, 0) is 0 Å². The van der Waals surface area contributed by atoms with Crippen molar-refractivity contribution >= 4 is 5.91 Å². The van der Waals surface area contributed by atoms with Crippen LogP contribution in [0.4, 0.5) is 0 Å². The largest absolute Gasteiger partial charge is 0.471 e. The van der Waals surface area contributed by atoms with Gasteiger partial charge in [0, 0.05) is 25.3 Å². The highest BCUT2D eigenvalue weighted by Gasteiger charge is 2.49. The Hall–Kier alpha value is -1.53. The molecule has 2 fully saturated rings. The van der Waals surface area contributed by atoms with Crippen LogP contribution in [0.15, 0.2) is 24.5 Å². The van der Waals surface area contributed by atoms with Crippen molar-refractivity contribution < 1.29 is 44.5 Å². The van der Waals surface area contributed by atoms with E-state index in [0.717, 1.165) is 0 Å². The molecule has 0 unspecified atom stereocenters. The van der Waals surface area contributed by atoms with Crippen LogP contribution >= 0.6 is 0 Å². The van der Waals surface area contributed by atoms with Gasteiger partial charge in [0.15, 0.2) is 6.29 Å². The van der Waals surface area contributed by atoms with Gasteiger partial charge in [0.2, 0.25) is 6.29 Å². The van der Waals surface area contributed by atoms with E-state index in [1.54, 1.807) is 0 Å². The first-order valence-electron chi connectivity index (χ1n) is 8.69. The van der Waals surface area contributed by atoms with Crippen molar-refractivity contribution in [1.29, 1.82) is 0 Å². The van der Waals surface area contributed by atoms with Crippen LogP contribution in [0.25, 0.3) is 0 Å². The van der Waals surface area contributed by atoms with Crippen molar-refractivity contribution in [1.82, 2.24) is 4.90 Å². The first-order chi connectivity index (χ1) is 12.8. The molecule has 1 amide bonds. The lowest BCUT2D eigenvalue weighted by Gasteiger charge is -2.45. The molecule has 3 heterocycles. The van der Waals surface area contributed by atoms with E-state index < -0.39 is 61.7 Å². The molecule has 5 N–H and O–H groups in total. The Morgan fingerprint density at radius 1 is 1.26 bits per heavy atom. The predicted octanol–water partition coefficient (Wildman–Crippen LogP) is -2.36. The molecule has 10 heteroatoms. The number of ether oxygens (including phenoxy) is 3. The first kappa shape index (κ1) is 20.2. The summed E-state index contributed by atoms with van der Waals surface area (Å²) >= 11 is 0. The van der Waals surface area contributed by atoms with Crippen LogP contribution in [-0.2, 0) is 19.0 Å². The van der Waals surface area contributed by atoms with Crippen LogP contribution in [0.1, 0.15) is 6.42 Å². The number of likely N-dealkylation sites (tertiary alicyclic amines) is 1. The number of hydrogen-bond donors (Lipinski definition) is 5. The number of rotatable bonds is 4. The number of aliphatic hydroxyl groups is 5. The summed E-state index contributed by atoms with van der Waals surface area (Å²) in [5, 5.41) is 49.2. The van der Waals surface area contributed by atoms with Crippen molar-refractivity contribution in [3.05, 3.63) is 24.5 Å². The Bertz CT molecular complexity index is 609. The quantitative estimate of drug-likeness (QED) is 0.334. The maximum Gasteiger partial charge on any atom is 0.254 e. The number of likely N-dealkylation sites (N-methyl/N-ethyl adjacent to an activating group) is 1. The maximum absolute atomic E-state index is 12.3. The van der Waals surface area contributed by atoms with E-state index in [1.165, 1.54) is 24.3 Å². The summed E-state index contributed by atoms with van der Waals surface area (Å²) in [6.45, 7) is 3.16. The average Bonchev–Trinajstić information content (AvgIpc) is 2.66. The third-order valence-corrected chi connectivity index (χ3v) is 5.38. The highest BCUT2D eigenvalue weighted by Crippen LogP contribution is 2.40. The van der Waals surface area contributed by atoms with E-state index in [1.807, 2.05) is 0 Å². The van der Waals surface area contributed by atoms with Crippen molar-refractivity contribution in [2.45, 2.75) is 49.6 Å². The molecule has 0 aromatic carbocycles. The molecule has 0 aromatic heterocycles. The van der Waals surface area contributed by atoms with Gasteiger partial charge >= 0.3 is 0 Å². The molecule has 2 saturated heterocycles. The van der Waals surface area contributed by atoms with Crippen LogP contribution in [0.2, 0.25) is 0 Å². The Morgan fingerprint density at radius 2 is 1.96 bits per heavy atom. The molecule has 0 spiro atoms. The van der Waals surface area contributed by atoms with Crippen LogP contribution in [0.5, 0.6) is 0 Å². The summed E-state index contributed by atoms with van der Waals surface area (Å²) in [5.41, 5.74) is 0.376.